The summed E-state index contributed by atoms with van der Waals surface area (Å²) in [4.78, 5) is 21.7. The van der Waals surface area contributed by atoms with E-state index in [1.807, 2.05) is 29.2 Å². The molecule has 24 heavy (non-hydrogen) atoms. The Morgan fingerprint density at radius 3 is 2.88 bits per heavy atom. The molecule has 2 heterocycles. The molecule has 1 amide bonds. The molecular formula is C18H24N4O2. The van der Waals surface area contributed by atoms with Crippen molar-refractivity contribution in [3.05, 3.63) is 29.8 Å². The third kappa shape index (κ3) is 3.44. The van der Waals surface area contributed by atoms with Crippen molar-refractivity contribution in [2.45, 2.75) is 25.3 Å². The molecule has 4 rings (SSSR count). The van der Waals surface area contributed by atoms with Crippen LogP contribution in [0.4, 0.5) is 5.69 Å². The summed E-state index contributed by atoms with van der Waals surface area (Å²) in [7, 11) is 0. The molecule has 1 aromatic carbocycles. The molecule has 2 aliphatic heterocycles. The van der Waals surface area contributed by atoms with Crippen molar-refractivity contribution in [1.82, 2.24) is 15.1 Å². The van der Waals surface area contributed by atoms with Gasteiger partial charge in [0.1, 0.15) is 5.84 Å². The monoisotopic (exact) mass is 328 g/mol. The Morgan fingerprint density at radius 1 is 1.25 bits per heavy atom. The van der Waals surface area contributed by atoms with E-state index in [0.29, 0.717) is 37.9 Å². The molecule has 3 aliphatic rings. The van der Waals surface area contributed by atoms with E-state index in [1.54, 1.807) is 0 Å². The number of ether oxygens (including phenoxy) is 1. The first-order valence-electron chi connectivity index (χ1n) is 8.83. The van der Waals surface area contributed by atoms with Crippen LogP contribution in [0.1, 0.15) is 29.6 Å². The first-order valence-corrected chi connectivity index (χ1v) is 8.83. The second-order valence-electron chi connectivity index (χ2n) is 6.59. The Balaban J connectivity index is 1.53. The summed E-state index contributed by atoms with van der Waals surface area (Å²) < 4.78 is 5.32. The Labute approximate surface area is 142 Å². The van der Waals surface area contributed by atoms with Gasteiger partial charge in [0.05, 0.1) is 25.6 Å². The van der Waals surface area contributed by atoms with Gasteiger partial charge in [0.25, 0.3) is 5.91 Å². The fraction of sp³-hybridized carbons (Fsp3) is 0.556. The fourth-order valence-corrected chi connectivity index (χ4v) is 3.29. The maximum atomic E-state index is 12.6. The highest BCUT2D eigenvalue weighted by molar-refractivity contribution is 5.95. The lowest BCUT2D eigenvalue weighted by atomic mass is 10.1. The number of benzene rings is 1. The first-order chi connectivity index (χ1) is 11.8. The Bertz CT molecular complexity index is 636. The number of hydrogen-bond donors (Lipinski definition) is 1. The summed E-state index contributed by atoms with van der Waals surface area (Å²) in [5.74, 6) is 1.22. The Morgan fingerprint density at radius 2 is 2.08 bits per heavy atom. The zero-order valence-corrected chi connectivity index (χ0v) is 13.9. The van der Waals surface area contributed by atoms with Crippen LogP contribution in [0, 0.1) is 0 Å². The van der Waals surface area contributed by atoms with Crippen molar-refractivity contribution in [3.63, 3.8) is 0 Å². The molecule has 0 radical (unpaired) electrons. The lowest BCUT2D eigenvalue weighted by Gasteiger charge is -2.31. The highest BCUT2D eigenvalue weighted by Crippen LogP contribution is 2.29. The number of amidine groups is 1. The minimum absolute atomic E-state index is 0.0738. The van der Waals surface area contributed by atoms with Crippen LogP contribution in [0.25, 0.3) is 0 Å². The molecule has 1 N–H and O–H groups in total. The number of morpholine rings is 1. The molecule has 6 nitrogen and oxygen atoms in total. The summed E-state index contributed by atoms with van der Waals surface area (Å²) in [6.45, 7) is 4.43. The standard InChI is InChI=1S/C18H24N4O2/c23-18(21-8-10-24-11-9-21)14-2-1-3-15(12-14)20-17-6-7-19-13-22(17)16-4-5-16/h1-3,12,16,19H,4-11,13H2. The summed E-state index contributed by atoms with van der Waals surface area (Å²) in [6.07, 6.45) is 3.46. The SMILES string of the molecule is O=C(c1cccc(N=C2CCNCN2C2CC2)c1)N1CCOCC1. The van der Waals surface area contributed by atoms with Gasteiger partial charge in [-0.25, -0.2) is 4.99 Å². The highest BCUT2D eigenvalue weighted by atomic mass is 16.5. The molecule has 6 heteroatoms. The molecule has 1 aliphatic carbocycles. The van der Waals surface area contributed by atoms with Crippen LogP contribution < -0.4 is 5.32 Å². The van der Waals surface area contributed by atoms with Crippen molar-refractivity contribution in [1.29, 1.82) is 0 Å². The molecule has 0 spiro atoms. The molecule has 1 aromatic rings. The van der Waals surface area contributed by atoms with Gasteiger partial charge in [0.15, 0.2) is 0 Å². The van der Waals surface area contributed by atoms with Crippen LogP contribution >= 0.6 is 0 Å². The van der Waals surface area contributed by atoms with Crippen LogP contribution in [0.5, 0.6) is 0 Å². The zero-order chi connectivity index (χ0) is 16.4. The largest absolute Gasteiger partial charge is 0.378 e. The van der Waals surface area contributed by atoms with Gasteiger partial charge >= 0.3 is 0 Å². The van der Waals surface area contributed by atoms with E-state index < -0.39 is 0 Å². The molecule has 0 atom stereocenters. The molecule has 3 fully saturated rings. The number of nitrogens with zero attached hydrogens (tertiary/aromatic N) is 3. The minimum Gasteiger partial charge on any atom is -0.378 e. The smallest absolute Gasteiger partial charge is 0.254 e. The van der Waals surface area contributed by atoms with Gasteiger partial charge in [-0.3, -0.25) is 10.1 Å². The lowest BCUT2D eigenvalue weighted by molar-refractivity contribution is 0.0303. The van der Waals surface area contributed by atoms with Crippen LogP contribution in [0.2, 0.25) is 0 Å². The van der Waals surface area contributed by atoms with Gasteiger partial charge in [-0.1, -0.05) is 6.07 Å². The van der Waals surface area contributed by atoms with E-state index in [9.17, 15) is 4.79 Å². The molecule has 0 bridgehead atoms. The fourth-order valence-electron chi connectivity index (χ4n) is 3.29. The van der Waals surface area contributed by atoms with Gasteiger partial charge in [-0.15, -0.1) is 0 Å². The van der Waals surface area contributed by atoms with E-state index in [1.165, 1.54) is 12.8 Å². The summed E-state index contributed by atoms with van der Waals surface area (Å²) in [6, 6.07) is 8.35. The van der Waals surface area contributed by atoms with Crippen LogP contribution in [-0.4, -0.2) is 67.1 Å². The van der Waals surface area contributed by atoms with Gasteiger partial charge < -0.3 is 14.5 Å². The van der Waals surface area contributed by atoms with Gasteiger partial charge in [0.2, 0.25) is 0 Å². The third-order valence-electron chi connectivity index (χ3n) is 4.78. The van der Waals surface area contributed by atoms with Crippen LogP contribution in [0.3, 0.4) is 0 Å². The average molecular weight is 328 g/mol. The molecule has 0 aromatic heterocycles. The second-order valence-corrected chi connectivity index (χ2v) is 6.59. The van der Waals surface area contributed by atoms with E-state index >= 15 is 0 Å². The number of hydrogen-bond acceptors (Lipinski definition) is 4. The number of rotatable bonds is 3. The van der Waals surface area contributed by atoms with Crippen LogP contribution in [-0.2, 0) is 4.74 Å². The Kier molecular flexibility index (Phi) is 4.49. The average Bonchev–Trinajstić information content (AvgIpc) is 3.48. The molecule has 1 saturated carbocycles. The highest BCUT2D eigenvalue weighted by Gasteiger charge is 2.32. The number of carbonyl (C=O) groups is 1. The number of carbonyl (C=O) groups excluding carboxylic acids is 1. The van der Waals surface area contributed by atoms with Crippen molar-refractivity contribution >= 4 is 17.4 Å². The number of aliphatic imine (C=N–C) groups is 1. The third-order valence-corrected chi connectivity index (χ3v) is 4.78. The lowest BCUT2D eigenvalue weighted by Crippen LogP contribution is -2.46. The minimum atomic E-state index is 0.0738. The quantitative estimate of drug-likeness (QED) is 0.916. The van der Waals surface area contributed by atoms with E-state index in [2.05, 4.69) is 10.2 Å². The van der Waals surface area contributed by atoms with Gasteiger partial charge in [-0.2, -0.15) is 0 Å². The predicted molar refractivity (Wildman–Crippen MR) is 92.6 cm³/mol. The van der Waals surface area contributed by atoms with Gasteiger partial charge in [0, 0.05) is 37.7 Å². The first kappa shape index (κ1) is 15.6. The van der Waals surface area contributed by atoms with Crippen molar-refractivity contribution in [3.8, 4) is 0 Å². The van der Waals surface area contributed by atoms with Gasteiger partial charge in [-0.05, 0) is 31.0 Å². The summed E-state index contributed by atoms with van der Waals surface area (Å²) in [5, 5.41) is 3.42. The predicted octanol–water partition coefficient (Wildman–Crippen LogP) is 1.60. The molecular weight excluding hydrogens is 304 g/mol. The van der Waals surface area contributed by atoms with Crippen molar-refractivity contribution < 1.29 is 9.53 Å². The molecule has 128 valence electrons. The number of amides is 1. The zero-order valence-electron chi connectivity index (χ0n) is 13.9. The molecule has 0 unspecified atom stereocenters. The topological polar surface area (TPSA) is 57.2 Å². The maximum Gasteiger partial charge on any atom is 0.254 e. The summed E-state index contributed by atoms with van der Waals surface area (Å²) in [5.41, 5.74) is 1.59. The molecule has 2 saturated heterocycles. The number of nitrogens with one attached hydrogen (secondary N) is 1. The van der Waals surface area contributed by atoms with Crippen molar-refractivity contribution in [2.75, 3.05) is 39.5 Å². The van der Waals surface area contributed by atoms with E-state index in [-0.39, 0.29) is 5.91 Å². The second kappa shape index (κ2) is 6.91. The Hall–Kier alpha value is -1.92. The normalized spacial score (nSPS) is 23.6. The van der Waals surface area contributed by atoms with E-state index in [0.717, 1.165) is 31.2 Å². The van der Waals surface area contributed by atoms with E-state index in [4.69, 9.17) is 9.73 Å². The van der Waals surface area contributed by atoms with Crippen LogP contribution in [0.15, 0.2) is 29.3 Å². The maximum absolute atomic E-state index is 12.6. The van der Waals surface area contributed by atoms with Crippen molar-refractivity contribution in [2.24, 2.45) is 4.99 Å². The summed E-state index contributed by atoms with van der Waals surface area (Å²) >= 11 is 0.